The molecule has 0 aliphatic heterocycles. The van der Waals surface area contributed by atoms with Crippen molar-refractivity contribution < 1.29 is 10.2 Å². The van der Waals surface area contributed by atoms with Gasteiger partial charge >= 0.3 is 0 Å². The van der Waals surface area contributed by atoms with Crippen molar-refractivity contribution in [2.24, 2.45) is 0 Å². The van der Waals surface area contributed by atoms with Crippen LogP contribution in [0.3, 0.4) is 0 Å². The second-order valence-corrected chi connectivity index (χ2v) is 6.43. The van der Waals surface area contributed by atoms with E-state index >= 15 is 0 Å². The van der Waals surface area contributed by atoms with Gasteiger partial charge in [0.05, 0.1) is 11.1 Å². The van der Waals surface area contributed by atoms with Gasteiger partial charge in [0.1, 0.15) is 22.8 Å². The van der Waals surface area contributed by atoms with E-state index in [-0.39, 0.29) is 16.5 Å². The molecule has 0 bridgehead atoms. The Morgan fingerprint density at radius 2 is 1.67 bits per heavy atom. The zero-order chi connectivity index (χ0) is 18.8. The molecular weight excluding hydrogens is 362 g/mol. The number of fused-ring (bicyclic) bond motifs is 1. The molecule has 0 unspecified atom stereocenters. The van der Waals surface area contributed by atoms with Gasteiger partial charge in [-0.15, -0.1) is 0 Å². The first-order valence-electron chi connectivity index (χ1n) is 8.36. The minimum Gasteiger partial charge on any atom is -0.506 e. The van der Waals surface area contributed by atoms with Gasteiger partial charge in [-0.2, -0.15) is 0 Å². The number of hydrogen-bond donors (Lipinski definition) is 3. The number of halogens is 1. The van der Waals surface area contributed by atoms with Crippen molar-refractivity contribution in [3.8, 4) is 11.5 Å². The number of phenolic OH excluding ortho intramolecular Hbond substituents is 2. The number of nitrogens with zero attached hydrogens (tertiary/aromatic N) is 2. The molecule has 27 heavy (non-hydrogen) atoms. The summed E-state index contributed by atoms with van der Waals surface area (Å²) in [5.74, 6) is 0.642. The molecule has 0 aliphatic rings. The largest absolute Gasteiger partial charge is 0.506 e. The van der Waals surface area contributed by atoms with Gasteiger partial charge in [0.15, 0.2) is 0 Å². The zero-order valence-electron chi connectivity index (χ0n) is 14.2. The van der Waals surface area contributed by atoms with Crippen LogP contribution in [-0.2, 0) is 0 Å². The average molecular weight is 378 g/mol. The molecule has 0 saturated heterocycles. The van der Waals surface area contributed by atoms with E-state index in [1.165, 1.54) is 6.07 Å². The molecule has 0 fully saturated rings. The molecule has 4 rings (SSSR count). The number of rotatable bonds is 4. The van der Waals surface area contributed by atoms with Gasteiger partial charge in [-0.05, 0) is 24.3 Å². The Morgan fingerprint density at radius 3 is 2.48 bits per heavy atom. The summed E-state index contributed by atoms with van der Waals surface area (Å²) in [4.78, 5) is 8.59. The van der Waals surface area contributed by atoms with E-state index in [1.54, 1.807) is 24.5 Å². The molecule has 0 spiro atoms. The van der Waals surface area contributed by atoms with E-state index in [9.17, 15) is 10.2 Å². The van der Waals surface area contributed by atoms with Crippen LogP contribution in [0.4, 0.5) is 5.82 Å². The summed E-state index contributed by atoms with van der Waals surface area (Å²) in [5, 5.41) is 25.3. The van der Waals surface area contributed by atoms with Gasteiger partial charge < -0.3 is 15.5 Å². The second-order valence-electron chi connectivity index (χ2n) is 6.05. The molecule has 0 radical (unpaired) electrons. The van der Waals surface area contributed by atoms with Gasteiger partial charge in [0.2, 0.25) is 0 Å². The summed E-state index contributed by atoms with van der Waals surface area (Å²) in [6.45, 7) is 0. The third kappa shape index (κ3) is 3.25. The first-order valence-corrected chi connectivity index (χ1v) is 8.74. The molecule has 134 valence electrons. The number of benzene rings is 2. The third-order valence-electron chi connectivity index (χ3n) is 4.37. The monoisotopic (exact) mass is 377 g/mol. The van der Waals surface area contributed by atoms with E-state index in [4.69, 9.17) is 11.6 Å². The molecule has 0 aliphatic carbocycles. The fourth-order valence-electron chi connectivity index (χ4n) is 3.06. The molecule has 6 heteroatoms. The van der Waals surface area contributed by atoms with Crippen LogP contribution < -0.4 is 5.32 Å². The highest BCUT2D eigenvalue weighted by atomic mass is 35.5. The standard InChI is InChI=1S/C21H16ClN3O2/c22-18-14(6-3-7-16(18)26)20(25-17-8-1-2-11-23-17)15-10-9-13-5-4-12-24-19(13)21(15)27/h1-12,20,26-27H,(H,23,25)/t20-/m0/s1. The van der Waals surface area contributed by atoms with Crippen LogP contribution in [0.5, 0.6) is 11.5 Å². The van der Waals surface area contributed by atoms with Crippen LogP contribution in [0, 0.1) is 0 Å². The predicted molar refractivity (Wildman–Crippen MR) is 106 cm³/mol. The second kappa shape index (κ2) is 7.13. The lowest BCUT2D eigenvalue weighted by atomic mass is 9.96. The molecular formula is C21H16ClN3O2. The normalized spacial score (nSPS) is 12.0. The Bertz CT molecular complexity index is 1100. The molecule has 2 aromatic carbocycles. The maximum atomic E-state index is 10.9. The number of aromatic nitrogens is 2. The van der Waals surface area contributed by atoms with E-state index in [0.29, 0.717) is 22.5 Å². The number of nitrogens with one attached hydrogen (secondary N) is 1. The van der Waals surface area contributed by atoms with E-state index in [0.717, 1.165) is 5.39 Å². The van der Waals surface area contributed by atoms with Gasteiger partial charge in [0.25, 0.3) is 0 Å². The van der Waals surface area contributed by atoms with Crippen molar-refractivity contribution in [1.82, 2.24) is 9.97 Å². The molecule has 4 aromatic rings. The van der Waals surface area contributed by atoms with Crippen molar-refractivity contribution in [1.29, 1.82) is 0 Å². The maximum absolute atomic E-state index is 10.9. The van der Waals surface area contributed by atoms with Crippen molar-refractivity contribution in [2.75, 3.05) is 5.32 Å². The van der Waals surface area contributed by atoms with E-state index in [2.05, 4.69) is 15.3 Å². The minimum absolute atomic E-state index is 0.0274. The smallest absolute Gasteiger partial charge is 0.147 e. The molecule has 5 nitrogen and oxygen atoms in total. The molecule has 2 aromatic heterocycles. The molecule has 0 saturated carbocycles. The highest BCUT2D eigenvalue weighted by Crippen LogP contribution is 2.40. The number of pyridine rings is 2. The van der Waals surface area contributed by atoms with Crippen LogP contribution in [0.15, 0.2) is 73.1 Å². The zero-order valence-corrected chi connectivity index (χ0v) is 14.9. The first kappa shape index (κ1) is 17.1. The Morgan fingerprint density at radius 1 is 0.815 bits per heavy atom. The SMILES string of the molecule is Oc1cccc([C@H](Nc2ccccn2)c2ccc3cccnc3c2O)c1Cl. The molecule has 2 heterocycles. The topological polar surface area (TPSA) is 78.3 Å². The maximum Gasteiger partial charge on any atom is 0.147 e. The van der Waals surface area contributed by atoms with Crippen LogP contribution in [0.2, 0.25) is 5.02 Å². The van der Waals surface area contributed by atoms with Crippen LogP contribution in [0.25, 0.3) is 10.9 Å². The number of aromatic hydroxyl groups is 2. The number of anilines is 1. The quantitative estimate of drug-likeness (QED) is 0.471. The highest BCUT2D eigenvalue weighted by Gasteiger charge is 2.23. The summed E-state index contributed by atoms with van der Waals surface area (Å²) < 4.78 is 0. The predicted octanol–water partition coefficient (Wildman–Crippen LogP) is 4.90. The van der Waals surface area contributed by atoms with Crippen molar-refractivity contribution >= 4 is 28.3 Å². The number of hydrogen-bond acceptors (Lipinski definition) is 5. The number of phenols is 2. The minimum atomic E-state index is -0.536. The lowest BCUT2D eigenvalue weighted by Gasteiger charge is -2.23. The Labute approximate surface area is 160 Å². The average Bonchev–Trinajstić information content (AvgIpc) is 2.70. The van der Waals surface area contributed by atoms with Crippen molar-refractivity contribution in [3.63, 3.8) is 0 Å². The van der Waals surface area contributed by atoms with Gasteiger partial charge in [-0.3, -0.25) is 4.98 Å². The summed E-state index contributed by atoms with van der Waals surface area (Å²) in [5.41, 5.74) is 1.70. The fourth-order valence-corrected chi connectivity index (χ4v) is 3.29. The van der Waals surface area contributed by atoms with Crippen LogP contribution in [0.1, 0.15) is 17.2 Å². The van der Waals surface area contributed by atoms with Crippen molar-refractivity contribution in [2.45, 2.75) is 6.04 Å². The van der Waals surface area contributed by atoms with E-state index in [1.807, 2.05) is 42.5 Å². The molecule has 0 amide bonds. The van der Waals surface area contributed by atoms with Crippen LogP contribution in [-0.4, -0.2) is 20.2 Å². The Hall–Kier alpha value is -3.31. The summed E-state index contributed by atoms with van der Waals surface area (Å²) in [7, 11) is 0. The highest BCUT2D eigenvalue weighted by molar-refractivity contribution is 6.32. The van der Waals surface area contributed by atoms with E-state index < -0.39 is 6.04 Å². The first-order chi connectivity index (χ1) is 13.1. The van der Waals surface area contributed by atoms with Crippen molar-refractivity contribution in [3.05, 3.63) is 89.2 Å². The van der Waals surface area contributed by atoms with Crippen LogP contribution >= 0.6 is 11.6 Å². The molecule has 3 N–H and O–H groups in total. The van der Waals surface area contributed by atoms with Gasteiger partial charge in [-0.1, -0.05) is 48.0 Å². The lowest BCUT2D eigenvalue weighted by Crippen LogP contribution is -2.14. The Balaban J connectivity index is 1.90. The third-order valence-corrected chi connectivity index (χ3v) is 4.78. The van der Waals surface area contributed by atoms with Gasteiger partial charge in [0, 0.05) is 28.9 Å². The summed E-state index contributed by atoms with van der Waals surface area (Å²) >= 11 is 6.37. The summed E-state index contributed by atoms with van der Waals surface area (Å²) in [6.07, 6.45) is 3.31. The fraction of sp³-hybridized carbons (Fsp3) is 0.0476. The summed E-state index contributed by atoms with van der Waals surface area (Å²) in [6, 6.07) is 17.4. The van der Waals surface area contributed by atoms with Gasteiger partial charge in [-0.25, -0.2) is 4.98 Å². The Kier molecular flexibility index (Phi) is 4.52. The molecule has 1 atom stereocenters. The lowest BCUT2D eigenvalue weighted by molar-refractivity contribution is 0.469.